The van der Waals surface area contributed by atoms with Gasteiger partial charge in [-0.15, -0.1) is 0 Å². The van der Waals surface area contributed by atoms with Crippen molar-refractivity contribution < 1.29 is 31.5 Å². The lowest BCUT2D eigenvalue weighted by atomic mass is 10.1. The number of hydrazine groups is 1. The van der Waals surface area contributed by atoms with E-state index in [1.54, 1.807) is 12.1 Å². The molecule has 0 atom stereocenters. The van der Waals surface area contributed by atoms with E-state index in [-0.39, 0.29) is 28.8 Å². The summed E-state index contributed by atoms with van der Waals surface area (Å²) >= 11 is 0. The Morgan fingerprint density at radius 3 is 2.28 bits per heavy atom. The van der Waals surface area contributed by atoms with Crippen LogP contribution in [-0.2, 0) is 20.5 Å². The van der Waals surface area contributed by atoms with Gasteiger partial charge in [-0.05, 0) is 11.6 Å². The fourth-order valence-corrected chi connectivity index (χ4v) is 3.34. The Bertz CT molecular complexity index is 1020. The highest BCUT2D eigenvalue weighted by Gasteiger charge is 2.26. The highest BCUT2D eigenvalue weighted by molar-refractivity contribution is 7.84. The zero-order valence-corrected chi connectivity index (χ0v) is 16.8. The maximum absolute atomic E-state index is 12.7. The average Bonchev–Trinajstić information content (AvgIpc) is 2.72. The monoisotopic (exact) mass is 425 g/mol. The molecule has 29 heavy (non-hydrogen) atoms. The van der Waals surface area contributed by atoms with Crippen LogP contribution in [0.4, 0.5) is 5.95 Å². The van der Waals surface area contributed by atoms with Crippen LogP contribution in [0.1, 0.15) is 15.9 Å². The highest BCUT2D eigenvalue weighted by Crippen LogP contribution is 2.17. The number of sulfonamides is 1. The van der Waals surface area contributed by atoms with Gasteiger partial charge in [-0.1, -0.05) is 22.3 Å². The lowest BCUT2D eigenvalue weighted by Crippen LogP contribution is -2.43. The van der Waals surface area contributed by atoms with Gasteiger partial charge in [0.25, 0.3) is 5.95 Å². The first-order valence-electron chi connectivity index (χ1n) is 8.02. The number of rotatable bonds is 7. The number of benzene rings is 1. The Labute approximate surface area is 167 Å². The number of hydrogen-bond acceptors (Lipinski definition) is 9. The molecular formula is C16H21N6O6S+. The van der Waals surface area contributed by atoms with Gasteiger partial charge in [0.2, 0.25) is 11.8 Å². The fourth-order valence-electron chi connectivity index (χ4n) is 2.21. The summed E-state index contributed by atoms with van der Waals surface area (Å²) in [4.78, 5) is 19.8. The lowest BCUT2D eigenvalue weighted by molar-refractivity contribution is -0.378. The van der Waals surface area contributed by atoms with Crippen LogP contribution in [0.2, 0.25) is 0 Å². The summed E-state index contributed by atoms with van der Waals surface area (Å²) in [6, 6.07) is 7.50. The number of methoxy groups -OCH3 is 3. The Hall–Kier alpha value is -3.61. The van der Waals surface area contributed by atoms with E-state index in [9.17, 15) is 13.2 Å². The first-order valence-corrected chi connectivity index (χ1v) is 9.63. The van der Waals surface area contributed by atoms with E-state index >= 15 is 0 Å². The van der Waals surface area contributed by atoms with Gasteiger partial charge < -0.3 is 14.2 Å². The number of nitrogens with two attached hydrogens (primary N) is 2. The van der Waals surface area contributed by atoms with E-state index in [4.69, 9.17) is 21.1 Å². The van der Waals surface area contributed by atoms with Crippen LogP contribution in [0, 0.1) is 0 Å². The van der Waals surface area contributed by atoms with Gasteiger partial charge in [-0.2, -0.15) is 18.4 Å². The number of anilines is 1. The number of hydrogen-bond donors (Lipinski definition) is 3. The Balaban J connectivity index is 2.33. The molecule has 0 saturated carbocycles. The molecular weight excluding hydrogens is 404 g/mol. The Morgan fingerprint density at radius 1 is 1.14 bits per heavy atom. The SMILES string of the molecule is COC(=O)c1ccccc1CS(=O)(=O)[N+](N)=C(N)Nc1nc(OC)cc(OC)n1. The minimum Gasteiger partial charge on any atom is -0.481 e. The van der Waals surface area contributed by atoms with Crippen LogP contribution >= 0.6 is 0 Å². The van der Waals surface area contributed by atoms with Crippen molar-refractivity contribution in [3.63, 3.8) is 0 Å². The molecule has 2 aromatic rings. The lowest BCUT2D eigenvalue weighted by Gasteiger charge is -2.10. The van der Waals surface area contributed by atoms with Gasteiger partial charge in [0, 0.05) is 0 Å². The molecule has 12 nitrogen and oxygen atoms in total. The zero-order chi connectivity index (χ0) is 21.6. The summed E-state index contributed by atoms with van der Waals surface area (Å²) in [6.45, 7) is 0. The normalized spacial score (nSPS) is 12.0. The van der Waals surface area contributed by atoms with Crippen LogP contribution < -0.4 is 26.4 Å². The van der Waals surface area contributed by atoms with Crippen molar-refractivity contribution in [2.45, 2.75) is 5.75 Å². The molecule has 13 heteroatoms. The molecule has 156 valence electrons. The van der Waals surface area contributed by atoms with Gasteiger partial charge in [-0.25, -0.2) is 10.1 Å². The molecule has 1 heterocycles. The second kappa shape index (κ2) is 9.05. The van der Waals surface area contributed by atoms with Crippen LogP contribution in [0.25, 0.3) is 0 Å². The number of hydrazone groups is 1. The van der Waals surface area contributed by atoms with Crippen molar-refractivity contribution in [2.75, 3.05) is 26.6 Å². The molecule has 2 rings (SSSR count). The standard InChI is InChI=1S/C16H20N6O6S/c1-26-12-8-13(27-2)20-16(19-12)21-15(17)22(18)29(24,25)9-10-6-4-5-7-11(10)14(23)28-3/h4-8H,9,18H2,1-3H3,(H2,17,19,20,21)/p+1. The third-order valence-electron chi connectivity index (χ3n) is 3.63. The molecule has 0 bridgehead atoms. The Morgan fingerprint density at radius 2 is 1.72 bits per heavy atom. The summed E-state index contributed by atoms with van der Waals surface area (Å²) in [7, 11) is -0.200. The molecule has 1 aromatic heterocycles. The molecule has 0 spiro atoms. The molecule has 0 aliphatic heterocycles. The average molecular weight is 425 g/mol. The number of nitrogens with one attached hydrogen (secondary N) is 1. The summed E-state index contributed by atoms with van der Waals surface area (Å²) in [6.07, 6.45) is 0. The van der Waals surface area contributed by atoms with Crippen LogP contribution in [0.15, 0.2) is 30.3 Å². The van der Waals surface area contributed by atoms with Gasteiger partial charge in [0.05, 0.1) is 33.0 Å². The molecule has 0 saturated heterocycles. The predicted octanol–water partition coefficient (Wildman–Crippen LogP) is -0.577. The van der Waals surface area contributed by atoms with Crippen molar-refractivity contribution in [2.24, 2.45) is 11.6 Å². The van der Waals surface area contributed by atoms with Gasteiger partial charge in [0.1, 0.15) is 5.75 Å². The van der Waals surface area contributed by atoms with Crippen LogP contribution in [-0.4, -0.2) is 55.7 Å². The van der Waals surface area contributed by atoms with E-state index in [1.165, 1.54) is 39.5 Å². The predicted molar refractivity (Wildman–Crippen MR) is 103 cm³/mol. The second-order valence-corrected chi connectivity index (χ2v) is 7.33. The van der Waals surface area contributed by atoms with Gasteiger partial charge >= 0.3 is 22.0 Å². The zero-order valence-electron chi connectivity index (χ0n) is 15.9. The second-order valence-electron chi connectivity index (χ2n) is 5.49. The number of aromatic nitrogens is 2. The van der Waals surface area contributed by atoms with E-state index in [1.807, 2.05) is 0 Å². The van der Waals surface area contributed by atoms with Crippen molar-refractivity contribution in [1.82, 2.24) is 9.97 Å². The quantitative estimate of drug-likeness (QED) is 0.129. The molecule has 0 aliphatic rings. The van der Waals surface area contributed by atoms with E-state index in [0.29, 0.717) is 4.09 Å². The minimum absolute atomic E-state index is 0.0966. The van der Waals surface area contributed by atoms with Crippen molar-refractivity contribution in [1.29, 1.82) is 0 Å². The summed E-state index contributed by atoms with van der Waals surface area (Å²) in [5.41, 5.74) is 6.06. The fraction of sp³-hybridized carbons (Fsp3) is 0.250. The summed E-state index contributed by atoms with van der Waals surface area (Å²) < 4.78 is 40.3. The largest absolute Gasteiger partial charge is 0.481 e. The molecule has 1 aromatic carbocycles. The number of guanidine groups is 1. The Kier molecular flexibility index (Phi) is 6.77. The maximum Gasteiger partial charge on any atom is 0.388 e. The summed E-state index contributed by atoms with van der Waals surface area (Å²) in [5, 5.41) is 2.47. The van der Waals surface area contributed by atoms with Crippen molar-refractivity contribution in [3.05, 3.63) is 41.5 Å². The maximum atomic E-state index is 12.7. The first kappa shape index (κ1) is 21.7. The van der Waals surface area contributed by atoms with Gasteiger partial charge in [0.15, 0.2) is 0 Å². The smallest absolute Gasteiger partial charge is 0.388 e. The molecule has 0 radical (unpaired) electrons. The molecule has 0 amide bonds. The van der Waals surface area contributed by atoms with Gasteiger partial charge in [-0.3, -0.25) is 11.6 Å². The number of carbonyl (C=O) groups is 1. The third kappa shape index (κ3) is 5.22. The van der Waals surface area contributed by atoms with E-state index in [2.05, 4.69) is 20.0 Å². The third-order valence-corrected chi connectivity index (χ3v) is 5.11. The molecule has 0 aliphatic carbocycles. The minimum atomic E-state index is -4.17. The topological polar surface area (TPSA) is 172 Å². The first-order chi connectivity index (χ1) is 13.7. The molecule has 5 N–H and O–H groups in total. The highest BCUT2D eigenvalue weighted by atomic mass is 32.2. The van der Waals surface area contributed by atoms with Crippen molar-refractivity contribution >= 4 is 27.9 Å². The number of ether oxygens (including phenoxy) is 3. The van der Waals surface area contributed by atoms with E-state index < -0.39 is 27.7 Å². The van der Waals surface area contributed by atoms with Crippen molar-refractivity contribution in [3.8, 4) is 11.8 Å². The summed E-state index contributed by atoms with van der Waals surface area (Å²) in [5.74, 6) is 4.15. The number of carbonyl (C=O) groups excluding carboxylic acids is 1. The number of nitrogens with zero attached hydrogens (tertiary/aromatic N) is 3. The van der Waals surface area contributed by atoms with Crippen LogP contribution in [0.3, 0.4) is 0 Å². The molecule has 0 fully saturated rings. The van der Waals surface area contributed by atoms with Crippen LogP contribution in [0.5, 0.6) is 11.8 Å². The number of esters is 1. The molecule has 0 unspecified atom stereocenters. The van der Waals surface area contributed by atoms with E-state index in [0.717, 1.165) is 0 Å².